The van der Waals surface area contributed by atoms with Crippen LogP contribution in [0.1, 0.15) is 12.0 Å². The van der Waals surface area contributed by atoms with Crippen molar-refractivity contribution in [1.82, 2.24) is 14.8 Å². The standard InChI is InChI=1S/C18H19N3OS/c1-3-8-16(9-4-1)14-22-12-7-13-23-18-20-19-15-21(18)17-10-5-2-6-11-17/h1-6,8-11,15H,7,12-14H2. The fourth-order valence-corrected chi connectivity index (χ4v) is 3.02. The summed E-state index contributed by atoms with van der Waals surface area (Å²) in [5.74, 6) is 0.959. The van der Waals surface area contributed by atoms with Crippen LogP contribution < -0.4 is 0 Å². The van der Waals surface area contributed by atoms with Crippen LogP contribution in [0.4, 0.5) is 0 Å². The molecule has 2 aromatic carbocycles. The van der Waals surface area contributed by atoms with Gasteiger partial charge in [0, 0.05) is 18.0 Å². The zero-order valence-corrected chi connectivity index (χ0v) is 13.7. The first-order valence-electron chi connectivity index (χ1n) is 7.63. The third-order valence-corrected chi connectivity index (χ3v) is 4.36. The molecule has 0 N–H and O–H groups in total. The maximum absolute atomic E-state index is 5.70. The minimum Gasteiger partial charge on any atom is -0.377 e. The Hall–Kier alpha value is -2.11. The van der Waals surface area contributed by atoms with Crippen LogP contribution in [0.25, 0.3) is 5.69 Å². The summed E-state index contributed by atoms with van der Waals surface area (Å²) in [5, 5.41) is 9.12. The molecule has 3 aromatic rings. The minimum absolute atomic E-state index is 0.672. The van der Waals surface area contributed by atoms with Crippen molar-refractivity contribution in [3.05, 3.63) is 72.6 Å². The van der Waals surface area contributed by atoms with Crippen LogP contribution in [0.15, 0.2) is 72.1 Å². The summed E-state index contributed by atoms with van der Waals surface area (Å²) in [6, 6.07) is 20.4. The summed E-state index contributed by atoms with van der Waals surface area (Å²) in [4.78, 5) is 0. The second kappa shape index (κ2) is 8.50. The zero-order chi connectivity index (χ0) is 15.7. The van der Waals surface area contributed by atoms with E-state index in [-0.39, 0.29) is 0 Å². The van der Waals surface area contributed by atoms with Crippen molar-refractivity contribution in [3.63, 3.8) is 0 Å². The molecule has 118 valence electrons. The molecule has 1 aromatic heterocycles. The molecule has 0 saturated carbocycles. The molecule has 1 heterocycles. The molecule has 0 aliphatic rings. The Morgan fingerprint density at radius 1 is 0.957 bits per heavy atom. The maximum atomic E-state index is 5.70. The van der Waals surface area contributed by atoms with Gasteiger partial charge in [0.1, 0.15) is 6.33 Å². The highest BCUT2D eigenvalue weighted by Crippen LogP contribution is 2.19. The smallest absolute Gasteiger partial charge is 0.195 e. The van der Waals surface area contributed by atoms with Crippen LogP contribution in [0, 0.1) is 0 Å². The van der Waals surface area contributed by atoms with Gasteiger partial charge in [-0.25, -0.2) is 0 Å². The normalized spacial score (nSPS) is 10.8. The van der Waals surface area contributed by atoms with E-state index in [0.29, 0.717) is 6.61 Å². The predicted molar refractivity (Wildman–Crippen MR) is 92.8 cm³/mol. The molecule has 0 radical (unpaired) electrons. The molecule has 0 aliphatic heterocycles. The molecule has 23 heavy (non-hydrogen) atoms. The van der Waals surface area contributed by atoms with Gasteiger partial charge in [-0.05, 0) is 24.1 Å². The molecule has 4 nitrogen and oxygen atoms in total. The molecule has 0 saturated heterocycles. The van der Waals surface area contributed by atoms with Crippen molar-refractivity contribution in [2.75, 3.05) is 12.4 Å². The molecule has 0 spiro atoms. The van der Waals surface area contributed by atoms with Crippen LogP contribution >= 0.6 is 11.8 Å². The molecule has 0 unspecified atom stereocenters. The summed E-state index contributed by atoms with van der Waals surface area (Å²) in [5.41, 5.74) is 2.30. The van der Waals surface area contributed by atoms with Gasteiger partial charge >= 0.3 is 0 Å². The fraction of sp³-hybridized carbons (Fsp3) is 0.222. The minimum atomic E-state index is 0.672. The number of benzene rings is 2. The van der Waals surface area contributed by atoms with E-state index in [1.54, 1.807) is 18.1 Å². The van der Waals surface area contributed by atoms with E-state index in [0.717, 1.165) is 29.6 Å². The molecule has 0 bridgehead atoms. The maximum Gasteiger partial charge on any atom is 0.195 e. The highest BCUT2D eigenvalue weighted by atomic mass is 32.2. The Kier molecular flexibility index (Phi) is 5.83. The number of rotatable bonds is 8. The van der Waals surface area contributed by atoms with Crippen molar-refractivity contribution in [2.24, 2.45) is 0 Å². The van der Waals surface area contributed by atoms with Crippen LogP contribution in [-0.2, 0) is 11.3 Å². The lowest BCUT2D eigenvalue weighted by Crippen LogP contribution is -1.98. The highest BCUT2D eigenvalue weighted by molar-refractivity contribution is 7.99. The van der Waals surface area contributed by atoms with Crippen molar-refractivity contribution >= 4 is 11.8 Å². The van der Waals surface area contributed by atoms with Gasteiger partial charge in [0.25, 0.3) is 0 Å². The van der Waals surface area contributed by atoms with Crippen molar-refractivity contribution < 1.29 is 4.74 Å². The van der Waals surface area contributed by atoms with Gasteiger partial charge in [0.05, 0.1) is 6.61 Å². The fourth-order valence-electron chi connectivity index (χ4n) is 2.18. The van der Waals surface area contributed by atoms with Gasteiger partial charge in [-0.15, -0.1) is 10.2 Å². The molecule has 0 atom stereocenters. The monoisotopic (exact) mass is 325 g/mol. The Bertz CT molecular complexity index is 701. The van der Waals surface area contributed by atoms with Gasteiger partial charge in [0.2, 0.25) is 0 Å². The van der Waals surface area contributed by atoms with Crippen molar-refractivity contribution in [2.45, 2.75) is 18.2 Å². The lowest BCUT2D eigenvalue weighted by Gasteiger charge is -2.06. The molecule has 0 amide bonds. The summed E-state index contributed by atoms with van der Waals surface area (Å²) < 4.78 is 7.71. The Balaban J connectivity index is 1.41. The highest BCUT2D eigenvalue weighted by Gasteiger charge is 2.06. The molecule has 0 aliphatic carbocycles. The van der Waals surface area contributed by atoms with Gasteiger partial charge < -0.3 is 4.74 Å². The predicted octanol–water partition coefficient (Wildman–Crippen LogP) is 3.97. The van der Waals surface area contributed by atoms with E-state index < -0.39 is 0 Å². The topological polar surface area (TPSA) is 39.9 Å². The quantitative estimate of drug-likeness (QED) is 0.464. The van der Waals surface area contributed by atoms with E-state index in [1.807, 2.05) is 41.0 Å². The Morgan fingerprint density at radius 2 is 1.70 bits per heavy atom. The summed E-state index contributed by atoms with van der Waals surface area (Å²) in [6.45, 7) is 1.42. The van der Waals surface area contributed by atoms with Crippen LogP contribution in [0.3, 0.4) is 0 Å². The summed E-state index contributed by atoms with van der Waals surface area (Å²) in [7, 11) is 0. The largest absolute Gasteiger partial charge is 0.377 e. The second-order valence-electron chi connectivity index (χ2n) is 5.06. The number of nitrogens with zero attached hydrogens (tertiary/aromatic N) is 3. The number of hydrogen-bond acceptors (Lipinski definition) is 4. The average Bonchev–Trinajstić information content (AvgIpc) is 3.08. The number of aromatic nitrogens is 3. The van der Waals surface area contributed by atoms with E-state index in [4.69, 9.17) is 4.74 Å². The summed E-state index contributed by atoms with van der Waals surface area (Å²) >= 11 is 1.70. The van der Waals surface area contributed by atoms with Gasteiger partial charge in [-0.3, -0.25) is 4.57 Å². The number of thioether (sulfide) groups is 1. The first kappa shape index (κ1) is 15.8. The van der Waals surface area contributed by atoms with Gasteiger partial charge in [0.15, 0.2) is 5.16 Å². The summed E-state index contributed by atoms with van der Waals surface area (Å²) in [6.07, 6.45) is 2.74. The molecular formula is C18H19N3OS. The van der Waals surface area contributed by atoms with Crippen molar-refractivity contribution in [1.29, 1.82) is 0 Å². The number of hydrogen-bond donors (Lipinski definition) is 0. The lowest BCUT2D eigenvalue weighted by molar-refractivity contribution is 0.122. The van der Waals surface area contributed by atoms with Crippen LogP contribution in [0.2, 0.25) is 0 Å². The Labute approximate surface area is 140 Å². The average molecular weight is 325 g/mol. The third-order valence-electron chi connectivity index (χ3n) is 3.33. The molecule has 3 rings (SSSR count). The van der Waals surface area contributed by atoms with Gasteiger partial charge in [-0.1, -0.05) is 60.3 Å². The van der Waals surface area contributed by atoms with E-state index in [9.17, 15) is 0 Å². The Morgan fingerprint density at radius 3 is 2.48 bits per heavy atom. The molecule has 5 heteroatoms. The van der Waals surface area contributed by atoms with E-state index >= 15 is 0 Å². The second-order valence-corrected chi connectivity index (χ2v) is 6.12. The lowest BCUT2D eigenvalue weighted by atomic mass is 10.2. The van der Waals surface area contributed by atoms with Gasteiger partial charge in [-0.2, -0.15) is 0 Å². The first-order chi connectivity index (χ1) is 11.4. The van der Waals surface area contributed by atoms with Crippen LogP contribution in [0.5, 0.6) is 0 Å². The number of para-hydroxylation sites is 1. The third kappa shape index (κ3) is 4.68. The van der Waals surface area contributed by atoms with Crippen molar-refractivity contribution in [3.8, 4) is 5.69 Å². The zero-order valence-electron chi connectivity index (χ0n) is 12.8. The van der Waals surface area contributed by atoms with E-state index in [2.05, 4.69) is 34.5 Å². The number of ether oxygens (including phenoxy) is 1. The molecule has 0 fully saturated rings. The van der Waals surface area contributed by atoms with E-state index in [1.165, 1.54) is 5.56 Å². The molecular weight excluding hydrogens is 306 g/mol. The first-order valence-corrected chi connectivity index (χ1v) is 8.62. The van der Waals surface area contributed by atoms with Crippen LogP contribution in [-0.4, -0.2) is 27.1 Å². The SMILES string of the molecule is c1ccc(COCCCSc2nncn2-c2ccccc2)cc1.